The van der Waals surface area contributed by atoms with Gasteiger partial charge in [-0.1, -0.05) is 0 Å². The number of benzene rings is 1. The lowest BCUT2D eigenvalue weighted by Crippen LogP contribution is -2.37. The van der Waals surface area contributed by atoms with E-state index in [-0.39, 0.29) is 17.7 Å². The van der Waals surface area contributed by atoms with Crippen LogP contribution in [0.4, 0.5) is 5.69 Å². The standard InChI is InChI=1S/C19H27N3O4/c1-25-16-10-14(19(24)22-8-3-4-9-22)15(11-17(16)26-2)21-18(23)13-6-5-7-20-12-13/h10-11,13,20H,3-9,12H2,1-2H3,(H,21,23). The molecule has 2 saturated heterocycles. The smallest absolute Gasteiger partial charge is 0.256 e. The largest absolute Gasteiger partial charge is 0.493 e. The second-order valence-electron chi connectivity index (χ2n) is 6.78. The summed E-state index contributed by atoms with van der Waals surface area (Å²) in [5, 5.41) is 6.19. The second kappa shape index (κ2) is 8.40. The Labute approximate surface area is 154 Å². The van der Waals surface area contributed by atoms with Crippen molar-refractivity contribution in [1.82, 2.24) is 10.2 Å². The molecule has 2 heterocycles. The highest BCUT2D eigenvalue weighted by molar-refractivity contribution is 6.05. The Morgan fingerprint density at radius 3 is 2.42 bits per heavy atom. The van der Waals surface area contributed by atoms with E-state index >= 15 is 0 Å². The van der Waals surface area contributed by atoms with Gasteiger partial charge in [-0.3, -0.25) is 9.59 Å². The SMILES string of the molecule is COc1cc(NC(=O)C2CCCNC2)c(C(=O)N2CCCC2)cc1OC. The van der Waals surface area contributed by atoms with Gasteiger partial charge in [-0.05, 0) is 38.3 Å². The van der Waals surface area contributed by atoms with Gasteiger partial charge in [-0.2, -0.15) is 0 Å². The summed E-state index contributed by atoms with van der Waals surface area (Å²) in [5.41, 5.74) is 0.928. The molecular weight excluding hydrogens is 334 g/mol. The van der Waals surface area contributed by atoms with E-state index in [1.807, 2.05) is 4.90 Å². The minimum atomic E-state index is -0.0911. The molecule has 0 aromatic heterocycles. The van der Waals surface area contributed by atoms with E-state index in [2.05, 4.69) is 10.6 Å². The van der Waals surface area contributed by atoms with Crippen LogP contribution in [0.3, 0.4) is 0 Å². The summed E-state index contributed by atoms with van der Waals surface area (Å²) in [6, 6.07) is 3.34. The van der Waals surface area contributed by atoms with Gasteiger partial charge < -0.3 is 25.0 Å². The van der Waals surface area contributed by atoms with E-state index in [4.69, 9.17) is 9.47 Å². The van der Waals surface area contributed by atoms with Crippen LogP contribution in [0, 0.1) is 5.92 Å². The van der Waals surface area contributed by atoms with Gasteiger partial charge in [0.1, 0.15) is 0 Å². The first-order valence-corrected chi connectivity index (χ1v) is 9.21. The molecule has 0 saturated carbocycles. The van der Waals surface area contributed by atoms with Crippen LogP contribution >= 0.6 is 0 Å². The van der Waals surface area contributed by atoms with Gasteiger partial charge >= 0.3 is 0 Å². The topological polar surface area (TPSA) is 79.9 Å². The lowest BCUT2D eigenvalue weighted by molar-refractivity contribution is -0.120. The van der Waals surface area contributed by atoms with Gasteiger partial charge in [-0.25, -0.2) is 0 Å². The third-order valence-corrected chi connectivity index (χ3v) is 5.07. The Morgan fingerprint density at radius 1 is 1.12 bits per heavy atom. The molecule has 1 aromatic carbocycles. The summed E-state index contributed by atoms with van der Waals surface area (Å²) in [5.74, 6) is 0.724. The number of rotatable bonds is 5. The van der Waals surface area contributed by atoms with Crippen molar-refractivity contribution >= 4 is 17.5 Å². The molecule has 0 bridgehead atoms. The first kappa shape index (κ1) is 18.5. The van der Waals surface area contributed by atoms with Crippen LogP contribution in [-0.2, 0) is 4.79 Å². The number of anilines is 1. The molecule has 142 valence electrons. The van der Waals surface area contributed by atoms with Gasteiger partial charge in [0.25, 0.3) is 5.91 Å². The molecule has 3 rings (SSSR count). The highest BCUT2D eigenvalue weighted by atomic mass is 16.5. The highest BCUT2D eigenvalue weighted by Crippen LogP contribution is 2.35. The fourth-order valence-electron chi connectivity index (χ4n) is 3.56. The molecule has 1 atom stereocenters. The molecule has 2 amide bonds. The zero-order chi connectivity index (χ0) is 18.5. The molecule has 2 N–H and O–H groups in total. The summed E-state index contributed by atoms with van der Waals surface area (Å²) in [6.07, 6.45) is 3.84. The average Bonchev–Trinajstić information content (AvgIpc) is 3.22. The number of amides is 2. The third-order valence-electron chi connectivity index (χ3n) is 5.07. The van der Waals surface area contributed by atoms with E-state index < -0.39 is 0 Å². The Bertz CT molecular complexity index is 665. The molecule has 0 aliphatic carbocycles. The number of methoxy groups -OCH3 is 2. The number of carbonyl (C=O) groups is 2. The fourth-order valence-corrected chi connectivity index (χ4v) is 3.56. The minimum absolute atomic E-state index is 0.0695. The Hall–Kier alpha value is -2.28. The zero-order valence-electron chi connectivity index (χ0n) is 15.5. The molecule has 26 heavy (non-hydrogen) atoms. The summed E-state index contributed by atoms with van der Waals surface area (Å²) >= 11 is 0. The molecule has 0 spiro atoms. The van der Waals surface area contributed by atoms with Gasteiger partial charge in [-0.15, -0.1) is 0 Å². The van der Waals surface area contributed by atoms with Gasteiger partial charge in [0.05, 0.1) is 31.4 Å². The van der Waals surface area contributed by atoms with Crippen LogP contribution in [-0.4, -0.2) is 57.1 Å². The van der Waals surface area contributed by atoms with E-state index in [0.717, 1.165) is 45.3 Å². The summed E-state index contributed by atoms with van der Waals surface area (Å²) < 4.78 is 10.7. The zero-order valence-corrected chi connectivity index (χ0v) is 15.5. The van der Waals surface area contributed by atoms with Crippen LogP contribution in [0.2, 0.25) is 0 Å². The fraction of sp³-hybridized carbons (Fsp3) is 0.579. The molecule has 1 aromatic rings. The van der Waals surface area contributed by atoms with E-state index in [1.165, 1.54) is 14.2 Å². The second-order valence-corrected chi connectivity index (χ2v) is 6.78. The molecule has 2 aliphatic rings. The van der Waals surface area contributed by atoms with Crippen molar-refractivity contribution in [3.8, 4) is 11.5 Å². The number of hydrogen-bond donors (Lipinski definition) is 2. The minimum Gasteiger partial charge on any atom is -0.493 e. The molecular formula is C19H27N3O4. The van der Waals surface area contributed by atoms with Gasteiger partial charge in [0.15, 0.2) is 11.5 Å². The molecule has 2 aliphatic heterocycles. The normalized spacial score (nSPS) is 19.9. The van der Waals surface area contributed by atoms with Crippen molar-refractivity contribution in [2.75, 3.05) is 45.7 Å². The predicted octanol–water partition coefficient (Wildman–Crippen LogP) is 1.88. The first-order chi connectivity index (χ1) is 12.6. The van der Waals surface area contributed by atoms with Crippen molar-refractivity contribution in [3.05, 3.63) is 17.7 Å². The number of likely N-dealkylation sites (tertiary alicyclic amines) is 1. The Balaban J connectivity index is 1.89. The molecule has 0 radical (unpaired) electrons. The number of piperidine rings is 1. The van der Waals surface area contributed by atoms with Gasteiger partial charge in [0.2, 0.25) is 5.91 Å². The molecule has 2 fully saturated rings. The maximum absolute atomic E-state index is 13.0. The predicted molar refractivity (Wildman–Crippen MR) is 98.9 cm³/mol. The highest BCUT2D eigenvalue weighted by Gasteiger charge is 2.27. The molecule has 1 unspecified atom stereocenters. The summed E-state index contributed by atoms with van der Waals surface area (Å²) in [6.45, 7) is 3.09. The molecule has 7 nitrogen and oxygen atoms in total. The summed E-state index contributed by atoms with van der Waals surface area (Å²) in [4.78, 5) is 27.4. The molecule has 7 heteroatoms. The summed E-state index contributed by atoms with van der Waals surface area (Å²) in [7, 11) is 3.07. The lowest BCUT2D eigenvalue weighted by Gasteiger charge is -2.24. The van der Waals surface area contributed by atoms with Crippen LogP contribution in [0.5, 0.6) is 11.5 Å². The van der Waals surface area contributed by atoms with Crippen molar-refractivity contribution < 1.29 is 19.1 Å². The van der Waals surface area contributed by atoms with E-state index in [9.17, 15) is 9.59 Å². The maximum Gasteiger partial charge on any atom is 0.256 e. The number of carbonyl (C=O) groups excluding carboxylic acids is 2. The van der Waals surface area contributed by atoms with E-state index in [0.29, 0.717) is 29.3 Å². The quantitative estimate of drug-likeness (QED) is 0.837. The monoisotopic (exact) mass is 361 g/mol. The van der Waals surface area contributed by atoms with Crippen molar-refractivity contribution in [2.45, 2.75) is 25.7 Å². The van der Waals surface area contributed by atoms with Crippen molar-refractivity contribution in [2.24, 2.45) is 5.92 Å². The lowest BCUT2D eigenvalue weighted by atomic mass is 9.98. The van der Waals surface area contributed by atoms with Crippen LogP contribution in [0.25, 0.3) is 0 Å². The number of ether oxygens (including phenoxy) is 2. The number of nitrogens with one attached hydrogen (secondary N) is 2. The van der Waals surface area contributed by atoms with Crippen LogP contribution < -0.4 is 20.1 Å². The Kier molecular flexibility index (Phi) is 5.98. The Morgan fingerprint density at radius 2 is 1.81 bits per heavy atom. The van der Waals surface area contributed by atoms with Crippen molar-refractivity contribution in [3.63, 3.8) is 0 Å². The van der Waals surface area contributed by atoms with Crippen LogP contribution in [0.15, 0.2) is 12.1 Å². The third kappa shape index (κ3) is 3.93. The van der Waals surface area contributed by atoms with E-state index in [1.54, 1.807) is 12.1 Å². The number of hydrogen-bond acceptors (Lipinski definition) is 5. The van der Waals surface area contributed by atoms with Crippen molar-refractivity contribution in [1.29, 1.82) is 0 Å². The first-order valence-electron chi connectivity index (χ1n) is 9.21. The van der Waals surface area contributed by atoms with Crippen LogP contribution in [0.1, 0.15) is 36.0 Å². The number of nitrogens with zero attached hydrogens (tertiary/aromatic N) is 1. The average molecular weight is 361 g/mol. The van der Waals surface area contributed by atoms with Gasteiger partial charge in [0, 0.05) is 25.7 Å². The maximum atomic E-state index is 13.0.